The van der Waals surface area contributed by atoms with E-state index in [2.05, 4.69) is 11.0 Å². The Morgan fingerprint density at radius 3 is 2.44 bits per heavy atom. The van der Waals surface area contributed by atoms with Crippen LogP contribution in [0.15, 0.2) is 0 Å². The summed E-state index contributed by atoms with van der Waals surface area (Å²) in [5, 5.41) is 9.13. The highest BCUT2D eigenvalue weighted by Gasteiger charge is 2.34. The summed E-state index contributed by atoms with van der Waals surface area (Å²) in [6.07, 6.45) is 3.70. The van der Waals surface area contributed by atoms with E-state index < -0.39 is 0 Å². The lowest BCUT2D eigenvalue weighted by molar-refractivity contribution is -0.130. The van der Waals surface area contributed by atoms with E-state index in [1.807, 2.05) is 6.26 Å². The van der Waals surface area contributed by atoms with Crippen molar-refractivity contribution in [2.45, 2.75) is 17.6 Å². The molecule has 1 fully saturated rings. The summed E-state index contributed by atoms with van der Waals surface area (Å²) >= 11 is 1.64. The van der Waals surface area contributed by atoms with E-state index in [1.54, 1.807) is 30.8 Å². The third-order valence-corrected chi connectivity index (χ3v) is 4.40. The van der Waals surface area contributed by atoms with Crippen LogP contribution in [0.2, 0.25) is 0 Å². The zero-order valence-electron chi connectivity index (χ0n) is 10.2. The van der Waals surface area contributed by atoms with Gasteiger partial charge in [-0.1, -0.05) is 0 Å². The minimum Gasteiger partial charge on any atom is -0.348 e. The molecule has 0 bridgehead atoms. The first-order valence-corrected chi connectivity index (χ1v) is 6.64. The number of carbonyl (C=O) groups excluding carboxylic acids is 1. The number of likely N-dealkylation sites (N-methyl/N-ethyl adjacent to an activating group) is 1. The average molecular weight is 241 g/mol. The normalized spacial score (nSPS) is 20.1. The summed E-state index contributed by atoms with van der Waals surface area (Å²) in [5.41, 5.74) is 0. The first kappa shape index (κ1) is 13.3. The smallest absolute Gasteiger partial charge is 0.236 e. The van der Waals surface area contributed by atoms with Crippen LogP contribution in [0.1, 0.15) is 12.8 Å². The fraction of sp³-hybridized carbons (Fsp3) is 0.818. The number of hydrogen-bond acceptors (Lipinski definition) is 4. The average Bonchev–Trinajstić information content (AvgIpc) is 2.30. The molecule has 0 atom stereocenters. The van der Waals surface area contributed by atoms with E-state index in [1.165, 1.54) is 0 Å². The summed E-state index contributed by atoms with van der Waals surface area (Å²) in [6, 6.07) is 2.40. The van der Waals surface area contributed by atoms with Gasteiger partial charge in [-0.3, -0.25) is 9.69 Å². The zero-order chi connectivity index (χ0) is 12.2. The van der Waals surface area contributed by atoms with Crippen LogP contribution < -0.4 is 0 Å². The van der Waals surface area contributed by atoms with E-state index in [-0.39, 0.29) is 10.7 Å². The molecule has 0 N–H and O–H groups in total. The fourth-order valence-corrected chi connectivity index (χ4v) is 2.45. The van der Waals surface area contributed by atoms with Gasteiger partial charge in [0.25, 0.3) is 0 Å². The van der Waals surface area contributed by atoms with Crippen LogP contribution in [-0.4, -0.2) is 60.4 Å². The summed E-state index contributed by atoms with van der Waals surface area (Å²) in [4.78, 5) is 15.3. The van der Waals surface area contributed by atoms with Gasteiger partial charge in [-0.25, -0.2) is 0 Å². The van der Waals surface area contributed by atoms with Crippen molar-refractivity contribution in [1.29, 1.82) is 5.26 Å². The minimum absolute atomic E-state index is 0.133. The second kappa shape index (κ2) is 5.55. The number of piperidine rings is 1. The van der Waals surface area contributed by atoms with Crippen LogP contribution >= 0.6 is 11.8 Å². The Labute approximate surface area is 102 Å². The SMILES string of the molecule is CSC1(C#N)CCN(CC(=O)N(C)C)CC1. The molecule has 1 amide bonds. The lowest BCUT2D eigenvalue weighted by Crippen LogP contribution is -2.45. The molecule has 1 aliphatic rings. The second-order valence-corrected chi connectivity index (χ2v) is 5.56. The molecule has 0 aromatic carbocycles. The molecule has 1 aliphatic heterocycles. The van der Waals surface area contributed by atoms with Gasteiger partial charge in [0, 0.05) is 27.2 Å². The molecular formula is C11H19N3OS. The summed E-state index contributed by atoms with van der Waals surface area (Å²) in [5.74, 6) is 0.133. The van der Waals surface area contributed by atoms with Crippen LogP contribution in [0.25, 0.3) is 0 Å². The lowest BCUT2D eigenvalue weighted by atomic mass is 9.97. The van der Waals surface area contributed by atoms with Crippen molar-refractivity contribution in [3.05, 3.63) is 0 Å². The van der Waals surface area contributed by atoms with Crippen molar-refractivity contribution in [1.82, 2.24) is 9.80 Å². The molecule has 1 saturated heterocycles. The van der Waals surface area contributed by atoms with Crippen LogP contribution in [0, 0.1) is 11.3 Å². The van der Waals surface area contributed by atoms with E-state index in [9.17, 15) is 4.79 Å². The van der Waals surface area contributed by atoms with Crippen molar-refractivity contribution < 1.29 is 4.79 Å². The Bertz CT molecular complexity index is 290. The molecule has 16 heavy (non-hydrogen) atoms. The van der Waals surface area contributed by atoms with Gasteiger partial charge in [0.1, 0.15) is 4.75 Å². The first-order chi connectivity index (χ1) is 7.53. The van der Waals surface area contributed by atoms with Gasteiger partial charge in [0.05, 0.1) is 12.6 Å². The molecule has 0 unspecified atom stereocenters. The highest BCUT2D eigenvalue weighted by molar-refractivity contribution is 8.00. The minimum atomic E-state index is -0.225. The second-order valence-electron chi connectivity index (χ2n) is 4.37. The molecule has 0 aliphatic carbocycles. The van der Waals surface area contributed by atoms with E-state index >= 15 is 0 Å². The fourth-order valence-electron chi connectivity index (χ4n) is 1.77. The van der Waals surface area contributed by atoms with Crippen molar-refractivity contribution in [3.63, 3.8) is 0 Å². The number of hydrogen-bond donors (Lipinski definition) is 0. The topological polar surface area (TPSA) is 47.3 Å². The van der Waals surface area contributed by atoms with Crippen molar-refractivity contribution in [3.8, 4) is 6.07 Å². The molecule has 1 heterocycles. The Morgan fingerprint density at radius 1 is 1.50 bits per heavy atom. The molecule has 0 aromatic heterocycles. The summed E-state index contributed by atoms with van der Waals surface area (Å²) in [7, 11) is 3.54. The van der Waals surface area contributed by atoms with E-state index in [0.717, 1.165) is 25.9 Å². The van der Waals surface area contributed by atoms with Gasteiger partial charge in [0.15, 0.2) is 0 Å². The van der Waals surface area contributed by atoms with Gasteiger partial charge in [-0.05, 0) is 19.1 Å². The monoisotopic (exact) mass is 241 g/mol. The molecule has 0 aromatic rings. The highest BCUT2D eigenvalue weighted by atomic mass is 32.2. The van der Waals surface area contributed by atoms with Crippen LogP contribution in [0.3, 0.4) is 0 Å². The van der Waals surface area contributed by atoms with Crippen molar-refractivity contribution >= 4 is 17.7 Å². The third kappa shape index (κ3) is 3.13. The van der Waals surface area contributed by atoms with Crippen molar-refractivity contribution in [2.24, 2.45) is 0 Å². The molecule has 5 heteroatoms. The largest absolute Gasteiger partial charge is 0.348 e. The molecule has 1 rings (SSSR count). The maximum absolute atomic E-state index is 11.5. The van der Waals surface area contributed by atoms with Gasteiger partial charge in [-0.15, -0.1) is 11.8 Å². The van der Waals surface area contributed by atoms with E-state index in [4.69, 9.17) is 5.26 Å². The van der Waals surface area contributed by atoms with Gasteiger partial charge in [-0.2, -0.15) is 5.26 Å². The Morgan fingerprint density at radius 2 is 2.06 bits per heavy atom. The molecule has 4 nitrogen and oxygen atoms in total. The maximum atomic E-state index is 11.5. The Balaban J connectivity index is 2.44. The number of amides is 1. The Hall–Kier alpha value is -0.730. The zero-order valence-corrected chi connectivity index (χ0v) is 11.0. The van der Waals surface area contributed by atoms with Gasteiger partial charge in [0.2, 0.25) is 5.91 Å². The van der Waals surface area contributed by atoms with Crippen LogP contribution in [0.4, 0.5) is 0 Å². The van der Waals surface area contributed by atoms with Crippen molar-refractivity contribution in [2.75, 3.05) is 40.0 Å². The predicted octanol–water partition coefficient (Wildman–Crippen LogP) is 0.796. The summed E-state index contributed by atoms with van der Waals surface area (Å²) < 4.78 is -0.225. The summed E-state index contributed by atoms with van der Waals surface area (Å²) in [6.45, 7) is 2.16. The van der Waals surface area contributed by atoms with Crippen LogP contribution in [0.5, 0.6) is 0 Å². The Kier molecular flexibility index (Phi) is 4.63. The molecule has 0 saturated carbocycles. The van der Waals surface area contributed by atoms with E-state index in [0.29, 0.717) is 6.54 Å². The third-order valence-electron chi connectivity index (χ3n) is 3.12. The highest BCUT2D eigenvalue weighted by Crippen LogP contribution is 2.33. The standard InChI is InChI=1S/C11H19N3OS/c1-13(2)10(15)8-14-6-4-11(9-12,16-3)5-7-14/h4-8H2,1-3H3. The first-order valence-electron chi connectivity index (χ1n) is 5.42. The number of likely N-dealkylation sites (tertiary alicyclic amines) is 1. The lowest BCUT2D eigenvalue weighted by Gasteiger charge is -2.36. The van der Waals surface area contributed by atoms with Gasteiger partial charge < -0.3 is 4.90 Å². The predicted molar refractivity (Wildman–Crippen MR) is 66.2 cm³/mol. The number of nitrogens with zero attached hydrogens (tertiary/aromatic N) is 3. The van der Waals surface area contributed by atoms with Crippen LogP contribution in [-0.2, 0) is 4.79 Å². The number of nitriles is 1. The quantitative estimate of drug-likeness (QED) is 0.733. The maximum Gasteiger partial charge on any atom is 0.236 e. The number of thioether (sulfide) groups is 1. The molecular weight excluding hydrogens is 222 g/mol. The number of rotatable bonds is 3. The molecule has 0 radical (unpaired) electrons. The van der Waals surface area contributed by atoms with Gasteiger partial charge >= 0.3 is 0 Å². The molecule has 0 spiro atoms. The molecule has 90 valence electrons. The number of carbonyl (C=O) groups is 1.